The molecule has 3 aromatic heterocycles. The molecule has 0 bridgehead atoms. The van der Waals surface area contributed by atoms with E-state index in [1.54, 1.807) is 12.3 Å². The molecule has 4 rings (SSSR count). The average Bonchev–Trinajstić information content (AvgIpc) is 3.32. The summed E-state index contributed by atoms with van der Waals surface area (Å²) in [6.07, 6.45) is 0.202. The van der Waals surface area contributed by atoms with Gasteiger partial charge in [0.05, 0.1) is 30.2 Å². The van der Waals surface area contributed by atoms with Gasteiger partial charge >= 0.3 is 0 Å². The van der Waals surface area contributed by atoms with Gasteiger partial charge in [0.25, 0.3) is 0 Å². The number of hydrogen-bond donors (Lipinski definition) is 4. The third-order valence-electron chi connectivity index (χ3n) is 4.26. The lowest BCUT2D eigenvalue weighted by Gasteiger charge is -2.16. The number of halogens is 1. The number of furan rings is 1. The summed E-state index contributed by atoms with van der Waals surface area (Å²) in [5, 5.41) is 32.5. The van der Waals surface area contributed by atoms with E-state index < -0.39 is 31.1 Å². The van der Waals surface area contributed by atoms with Crippen molar-refractivity contribution in [2.24, 2.45) is 0 Å². The third kappa shape index (κ3) is 2.87. The van der Waals surface area contributed by atoms with Crippen LogP contribution in [0.1, 0.15) is 12.0 Å². The van der Waals surface area contributed by atoms with E-state index in [0.29, 0.717) is 29.3 Å². The van der Waals surface area contributed by atoms with Crippen molar-refractivity contribution in [2.45, 2.75) is 31.1 Å². The van der Waals surface area contributed by atoms with Gasteiger partial charge in [0.2, 0.25) is 0 Å². The molecular formula is C15H16BrN5O5. The molecule has 0 saturated carbocycles. The van der Waals surface area contributed by atoms with Crippen molar-refractivity contribution in [3.05, 3.63) is 35.2 Å². The molecule has 1 fully saturated rings. The molecule has 4 atom stereocenters. The average molecular weight is 426 g/mol. The number of hydrogen-bond acceptors (Lipinski definition) is 9. The Balaban J connectivity index is 1.62. The van der Waals surface area contributed by atoms with Crippen LogP contribution in [0.25, 0.3) is 11.2 Å². The van der Waals surface area contributed by atoms with Gasteiger partial charge in [0, 0.05) is 0 Å². The van der Waals surface area contributed by atoms with Crippen molar-refractivity contribution in [2.75, 3.05) is 11.9 Å². The molecule has 0 spiro atoms. The van der Waals surface area contributed by atoms with Crippen molar-refractivity contribution in [1.29, 1.82) is 0 Å². The Kier molecular flexibility index (Phi) is 4.63. The largest absolute Gasteiger partial charge is 0.466 e. The van der Waals surface area contributed by atoms with E-state index >= 15 is 0 Å². The van der Waals surface area contributed by atoms with Gasteiger partial charge in [-0.1, -0.05) is 0 Å². The van der Waals surface area contributed by atoms with Crippen LogP contribution in [-0.4, -0.2) is 59.8 Å². The van der Waals surface area contributed by atoms with Crippen LogP contribution < -0.4 is 5.32 Å². The van der Waals surface area contributed by atoms with E-state index in [1.807, 2.05) is 0 Å². The summed E-state index contributed by atoms with van der Waals surface area (Å²) in [5.41, 5.74) is 0.906. The number of aromatic nitrogens is 4. The van der Waals surface area contributed by atoms with E-state index in [4.69, 9.17) is 9.15 Å². The third-order valence-corrected chi connectivity index (χ3v) is 4.96. The minimum atomic E-state index is -1.21. The molecule has 0 aromatic carbocycles. The molecule has 10 nitrogen and oxygen atoms in total. The number of imidazole rings is 1. The van der Waals surface area contributed by atoms with Crippen LogP contribution in [0.5, 0.6) is 0 Å². The first-order valence-corrected chi connectivity index (χ1v) is 8.65. The van der Waals surface area contributed by atoms with Gasteiger partial charge < -0.3 is 29.8 Å². The normalized spacial score (nSPS) is 25.8. The predicted octanol–water partition coefficient (Wildman–Crippen LogP) is 0.405. The number of rotatable bonds is 5. The summed E-state index contributed by atoms with van der Waals surface area (Å²) in [6, 6.07) is 1.79. The van der Waals surface area contributed by atoms with Crippen LogP contribution in [0.15, 0.2) is 33.9 Å². The SMILES string of the molecule is OC[C@H]1O[C@@H](n2cnc3c(NCc4occc4Br)ncnc32)[C@@H](O)[C@@H]1O. The molecule has 1 saturated heterocycles. The van der Waals surface area contributed by atoms with Crippen LogP contribution in [0.2, 0.25) is 0 Å². The fourth-order valence-electron chi connectivity index (χ4n) is 2.89. The second kappa shape index (κ2) is 6.93. The standard InChI is InChI=1S/C15H16BrN5O5/c16-7-1-2-25-8(7)3-17-13-10-14(19-5-18-13)21(6-20-10)15-12(24)11(23)9(4-22)26-15/h1-2,5-6,9,11-12,15,22-24H,3-4H2,(H,17,18,19)/t9-,11-,12+,15-/m1/s1. The highest BCUT2D eigenvalue weighted by Crippen LogP contribution is 2.32. The molecular weight excluding hydrogens is 410 g/mol. The number of nitrogens with one attached hydrogen (secondary N) is 1. The highest BCUT2D eigenvalue weighted by atomic mass is 79.9. The van der Waals surface area contributed by atoms with Crippen LogP contribution in [0.3, 0.4) is 0 Å². The van der Waals surface area contributed by atoms with E-state index in [0.717, 1.165) is 4.47 Å². The van der Waals surface area contributed by atoms with Crippen molar-refractivity contribution >= 4 is 32.9 Å². The zero-order valence-electron chi connectivity index (χ0n) is 13.4. The summed E-state index contributed by atoms with van der Waals surface area (Å²) in [5.74, 6) is 1.20. The minimum absolute atomic E-state index is 0.389. The molecule has 0 aliphatic carbocycles. The number of aliphatic hydroxyl groups excluding tert-OH is 3. The molecule has 4 heterocycles. The first-order valence-electron chi connectivity index (χ1n) is 7.86. The van der Waals surface area contributed by atoms with E-state index in [-0.39, 0.29) is 0 Å². The van der Waals surface area contributed by atoms with Gasteiger partial charge in [-0.25, -0.2) is 15.0 Å². The molecule has 3 aromatic rings. The Morgan fingerprint density at radius 1 is 1.23 bits per heavy atom. The second-order valence-corrected chi connectivity index (χ2v) is 6.67. The number of nitrogens with zero attached hydrogens (tertiary/aromatic N) is 4. The van der Waals surface area contributed by atoms with E-state index in [1.165, 1.54) is 17.2 Å². The fourth-order valence-corrected chi connectivity index (χ4v) is 3.23. The molecule has 0 amide bonds. The van der Waals surface area contributed by atoms with Gasteiger partial charge in [-0.3, -0.25) is 4.57 Å². The van der Waals surface area contributed by atoms with Crippen molar-refractivity contribution in [1.82, 2.24) is 19.5 Å². The second-order valence-electron chi connectivity index (χ2n) is 5.82. The van der Waals surface area contributed by atoms with Gasteiger partial charge in [-0.2, -0.15) is 0 Å². The molecule has 0 radical (unpaired) electrons. The topological polar surface area (TPSA) is 139 Å². The summed E-state index contributed by atoms with van der Waals surface area (Å²) in [4.78, 5) is 12.7. The fraction of sp³-hybridized carbons (Fsp3) is 0.400. The predicted molar refractivity (Wildman–Crippen MR) is 92.1 cm³/mol. The number of ether oxygens (including phenoxy) is 1. The lowest BCUT2D eigenvalue weighted by Crippen LogP contribution is -2.33. The maximum Gasteiger partial charge on any atom is 0.167 e. The molecule has 11 heteroatoms. The van der Waals surface area contributed by atoms with Gasteiger partial charge in [-0.05, 0) is 22.0 Å². The molecule has 26 heavy (non-hydrogen) atoms. The molecule has 4 N–H and O–H groups in total. The zero-order valence-corrected chi connectivity index (χ0v) is 14.9. The number of aliphatic hydroxyl groups is 3. The van der Waals surface area contributed by atoms with E-state index in [9.17, 15) is 15.3 Å². The highest BCUT2D eigenvalue weighted by molar-refractivity contribution is 9.10. The minimum Gasteiger partial charge on any atom is -0.466 e. The maximum absolute atomic E-state index is 10.2. The van der Waals surface area contributed by atoms with Crippen molar-refractivity contribution in [3.63, 3.8) is 0 Å². The summed E-state index contributed by atoms with van der Waals surface area (Å²) >= 11 is 3.39. The highest BCUT2D eigenvalue weighted by Gasteiger charge is 2.44. The van der Waals surface area contributed by atoms with Crippen LogP contribution in [0, 0.1) is 0 Å². The monoisotopic (exact) mass is 425 g/mol. The molecule has 0 unspecified atom stereocenters. The van der Waals surface area contributed by atoms with Crippen molar-refractivity contribution < 1.29 is 24.5 Å². The lowest BCUT2D eigenvalue weighted by atomic mass is 10.1. The van der Waals surface area contributed by atoms with Crippen LogP contribution in [0.4, 0.5) is 5.82 Å². The zero-order chi connectivity index (χ0) is 18.3. The molecule has 138 valence electrons. The number of anilines is 1. The Bertz CT molecular complexity index is 915. The van der Waals surface area contributed by atoms with E-state index in [2.05, 4.69) is 36.2 Å². The van der Waals surface area contributed by atoms with Gasteiger partial charge in [-0.15, -0.1) is 0 Å². The van der Waals surface area contributed by atoms with Crippen LogP contribution in [-0.2, 0) is 11.3 Å². The first kappa shape index (κ1) is 17.4. The smallest absolute Gasteiger partial charge is 0.167 e. The Hall–Kier alpha value is -2.05. The molecule has 1 aliphatic rings. The Morgan fingerprint density at radius 3 is 2.77 bits per heavy atom. The Morgan fingerprint density at radius 2 is 2.08 bits per heavy atom. The van der Waals surface area contributed by atoms with Crippen molar-refractivity contribution in [3.8, 4) is 0 Å². The quantitative estimate of drug-likeness (QED) is 0.457. The summed E-state index contributed by atoms with van der Waals surface area (Å²) in [6.45, 7) is -0.0123. The van der Waals surface area contributed by atoms with Crippen LogP contribution >= 0.6 is 15.9 Å². The Labute approximate surface area is 155 Å². The van der Waals surface area contributed by atoms with Gasteiger partial charge in [0.1, 0.15) is 30.4 Å². The number of fused-ring (bicyclic) bond motifs is 1. The first-order chi connectivity index (χ1) is 12.6. The molecule has 1 aliphatic heterocycles. The summed E-state index contributed by atoms with van der Waals surface area (Å²) < 4.78 is 13.2. The lowest BCUT2D eigenvalue weighted by molar-refractivity contribution is -0.0511. The van der Waals surface area contributed by atoms with Gasteiger partial charge in [0.15, 0.2) is 23.2 Å². The summed E-state index contributed by atoms with van der Waals surface area (Å²) in [7, 11) is 0. The maximum atomic E-state index is 10.2.